The highest BCUT2D eigenvalue weighted by atomic mass is 19.2. The van der Waals surface area contributed by atoms with Crippen molar-refractivity contribution in [1.29, 1.82) is 0 Å². The largest absolute Gasteiger partial charge is 0.314 e. The third kappa shape index (κ3) is 2.46. The minimum Gasteiger partial charge on any atom is -0.314 e. The third-order valence-electron chi connectivity index (χ3n) is 3.43. The second-order valence-electron chi connectivity index (χ2n) is 4.53. The SMILES string of the molecule is CCNC1CCC(c2ccc(F)c(F)c2F)C1. The van der Waals surface area contributed by atoms with Crippen LogP contribution in [0.15, 0.2) is 12.1 Å². The van der Waals surface area contributed by atoms with Crippen molar-refractivity contribution in [2.45, 2.75) is 38.1 Å². The van der Waals surface area contributed by atoms with Crippen molar-refractivity contribution in [2.75, 3.05) is 6.54 Å². The van der Waals surface area contributed by atoms with Gasteiger partial charge < -0.3 is 5.32 Å². The molecule has 1 saturated carbocycles. The Morgan fingerprint density at radius 1 is 1.18 bits per heavy atom. The Kier molecular flexibility index (Phi) is 3.72. The summed E-state index contributed by atoms with van der Waals surface area (Å²) in [6.45, 7) is 2.89. The molecule has 1 nitrogen and oxygen atoms in total. The highest BCUT2D eigenvalue weighted by Gasteiger charge is 2.28. The Hall–Kier alpha value is -1.03. The lowest BCUT2D eigenvalue weighted by Crippen LogP contribution is -2.25. The average molecular weight is 243 g/mol. The molecule has 0 amide bonds. The van der Waals surface area contributed by atoms with Gasteiger partial charge >= 0.3 is 0 Å². The maximum absolute atomic E-state index is 13.6. The van der Waals surface area contributed by atoms with Gasteiger partial charge in [-0.2, -0.15) is 0 Å². The molecule has 1 aromatic rings. The molecule has 4 heteroatoms. The number of hydrogen-bond donors (Lipinski definition) is 1. The van der Waals surface area contributed by atoms with Crippen molar-refractivity contribution < 1.29 is 13.2 Å². The predicted molar refractivity (Wildman–Crippen MR) is 60.4 cm³/mol. The predicted octanol–water partition coefficient (Wildman–Crippen LogP) is 3.35. The van der Waals surface area contributed by atoms with Gasteiger partial charge in [-0.3, -0.25) is 0 Å². The van der Waals surface area contributed by atoms with Gasteiger partial charge in [0.2, 0.25) is 0 Å². The molecule has 0 radical (unpaired) electrons. The highest BCUT2D eigenvalue weighted by Crippen LogP contribution is 2.36. The zero-order valence-electron chi connectivity index (χ0n) is 9.77. The number of benzene rings is 1. The van der Waals surface area contributed by atoms with E-state index in [4.69, 9.17) is 0 Å². The van der Waals surface area contributed by atoms with Crippen LogP contribution in [0.3, 0.4) is 0 Å². The smallest absolute Gasteiger partial charge is 0.194 e. The topological polar surface area (TPSA) is 12.0 Å². The lowest BCUT2D eigenvalue weighted by atomic mass is 9.96. The second-order valence-corrected chi connectivity index (χ2v) is 4.53. The zero-order chi connectivity index (χ0) is 12.4. The van der Waals surface area contributed by atoms with Crippen LogP contribution in [0.1, 0.15) is 37.7 Å². The summed E-state index contributed by atoms with van der Waals surface area (Å²) in [7, 11) is 0. The molecular weight excluding hydrogens is 227 g/mol. The summed E-state index contributed by atoms with van der Waals surface area (Å²) in [5, 5.41) is 3.30. The Balaban J connectivity index is 2.16. The molecule has 0 heterocycles. The molecule has 0 aromatic heterocycles. The summed E-state index contributed by atoms with van der Waals surface area (Å²) in [5.74, 6) is -3.50. The van der Waals surface area contributed by atoms with Gasteiger partial charge in [0.15, 0.2) is 17.5 Å². The van der Waals surface area contributed by atoms with Gasteiger partial charge in [0.1, 0.15) is 0 Å². The lowest BCUT2D eigenvalue weighted by Gasteiger charge is -2.13. The number of nitrogens with one attached hydrogen (secondary N) is 1. The third-order valence-corrected chi connectivity index (χ3v) is 3.43. The van der Waals surface area contributed by atoms with Gasteiger partial charge in [0.25, 0.3) is 0 Å². The van der Waals surface area contributed by atoms with Gasteiger partial charge in [-0.1, -0.05) is 13.0 Å². The van der Waals surface area contributed by atoms with Crippen LogP contribution in [-0.2, 0) is 0 Å². The van der Waals surface area contributed by atoms with Crippen LogP contribution in [-0.4, -0.2) is 12.6 Å². The average Bonchev–Trinajstić information content (AvgIpc) is 2.75. The second kappa shape index (κ2) is 5.08. The molecule has 2 unspecified atom stereocenters. The van der Waals surface area contributed by atoms with E-state index in [0.29, 0.717) is 11.6 Å². The first-order chi connectivity index (χ1) is 8.13. The van der Waals surface area contributed by atoms with Gasteiger partial charge in [0, 0.05) is 6.04 Å². The molecule has 0 saturated heterocycles. The van der Waals surface area contributed by atoms with E-state index >= 15 is 0 Å². The first-order valence-electron chi connectivity index (χ1n) is 6.00. The molecule has 1 aliphatic rings. The Morgan fingerprint density at radius 2 is 1.94 bits per heavy atom. The first kappa shape index (κ1) is 12.4. The van der Waals surface area contributed by atoms with E-state index in [-0.39, 0.29) is 5.92 Å². The maximum atomic E-state index is 13.6. The summed E-state index contributed by atoms with van der Waals surface area (Å²) in [6.07, 6.45) is 2.56. The van der Waals surface area contributed by atoms with Gasteiger partial charge in [-0.25, -0.2) is 13.2 Å². The van der Waals surface area contributed by atoms with Crippen LogP contribution >= 0.6 is 0 Å². The van der Waals surface area contributed by atoms with Crippen molar-refractivity contribution in [1.82, 2.24) is 5.32 Å². The molecule has 0 aliphatic heterocycles. The molecule has 1 aromatic carbocycles. The number of rotatable bonds is 3. The summed E-state index contributed by atoms with van der Waals surface area (Å²) < 4.78 is 39.5. The molecule has 94 valence electrons. The lowest BCUT2D eigenvalue weighted by molar-refractivity contribution is 0.434. The van der Waals surface area contributed by atoms with Crippen molar-refractivity contribution in [3.05, 3.63) is 35.1 Å². The van der Waals surface area contributed by atoms with Crippen LogP contribution in [0.2, 0.25) is 0 Å². The first-order valence-corrected chi connectivity index (χ1v) is 6.00. The standard InChI is InChI=1S/C13H16F3N/c1-2-17-9-4-3-8(7-9)10-5-6-11(14)13(16)12(10)15/h5-6,8-9,17H,2-4,7H2,1H3. The number of halogens is 3. The van der Waals surface area contributed by atoms with Crippen LogP contribution in [0.25, 0.3) is 0 Å². The molecule has 1 fully saturated rings. The van der Waals surface area contributed by atoms with E-state index in [9.17, 15) is 13.2 Å². The van der Waals surface area contributed by atoms with Gasteiger partial charge in [-0.15, -0.1) is 0 Å². The Labute approximate surface area is 99.0 Å². The molecule has 2 rings (SSSR count). The number of hydrogen-bond acceptors (Lipinski definition) is 1. The van der Waals surface area contributed by atoms with E-state index in [1.807, 2.05) is 6.92 Å². The van der Waals surface area contributed by atoms with E-state index in [1.165, 1.54) is 6.07 Å². The maximum Gasteiger partial charge on any atom is 0.194 e. The van der Waals surface area contributed by atoms with Crippen LogP contribution in [0.4, 0.5) is 13.2 Å². The van der Waals surface area contributed by atoms with Crippen molar-refractivity contribution >= 4 is 0 Å². The van der Waals surface area contributed by atoms with Crippen LogP contribution in [0.5, 0.6) is 0 Å². The normalized spacial score (nSPS) is 24.2. The fourth-order valence-corrected chi connectivity index (χ4v) is 2.59. The highest BCUT2D eigenvalue weighted by molar-refractivity contribution is 5.25. The zero-order valence-corrected chi connectivity index (χ0v) is 9.77. The summed E-state index contributed by atoms with van der Waals surface area (Å²) in [5.41, 5.74) is 0.310. The fourth-order valence-electron chi connectivity index (χ4n) is 2.59. The minimum absolute atomic E-state index is 0.00542. The van der Waals surface area contributed by atoms with E-state index in [1.54, 1.807) is 0 Å². The minimum atomic E-state index is -1.35. The van der Waals surface area contributed by atoms with Gasteiger partial charge in [0.05, 0.1) is 0 Å². The summed E-state index contributed by atoms with van der Waals surface area (Å²) >= 11 is 0. The molecule has 1 N–H and O–H groups in total. The Bertz CT molecular complexity index is 406. The van der Waals surface area contributed by atoms with Crippen LogP contribution in [0, 0.1) is 17.5 Å². The van der Waals surface area contributed by atoms with E-state index in [0.717, 1.165) is 31.9 Å². The van der Waals surface area contributed by atoms with Crippen molar-refractivity contribution in [3.8, 4) is 0 Å². The quantitative estimate of drug-likeness (QED) is 0.803. The van der Waals surface area contributed by atoms with E-state index in [2.05, 4.69) is 5.32 Å². The molecule has 1 aliphatic carbocycles. The molecular formula is C13H16F3N. The summed E-state index contributed by atoms with van der Waals surface area (Å²) in [6, 6.07) is 2.73. The molecule has 2 atom stereocenters. The van der Waals surface area contributed by atoms with Crippen LogP contribution < -0.4 is 5.32 Å². The fraction of sp³-hybridized carbons (Fsp3) is 0.538. The van der Waals surface area contributed by atoms with Crippen molar-refractivity contribution in [3.63, 3.8) is 0 Å². The molecule has 0 spiro atoms. The van der Waals surface area contributed by atoms with Gasteiger partial charge in [-0.05, 0) is 43.4 Å². The Morgan fingerprint density at radius 3 is 2.65 bits per heavy atom. The molecule has 17 heavy (non-hydrogen) atoms. The van der Waals surface area contributed by atoms with Crippen molar-refractivity contribution in [2.24, 2.45) is 0 Å². The molecule has 0 bridgehead atoms. The van der Waals surface area contributed by atoms with E-state index < -0.39 is 17.5 Å². The monoisotopic (exact) mass is 243 g/mol. The summed E-state index contributed by atoms with van der Waals surface area (Å²) in [4.78, 5) is 0.